The Balaban J connectivity index is 1.44. The first-order valence-corrected chi connectivity index (χ1v) is 10.00. The van der Waals surface area contributed by atoms with Crippen LogP contribution in [0.4, 0.5) is 15.2 Å². The molecule has 1 N–H and O–H groups in total. The number of anilines is 2. The van der Waals surface area contributed by atoms with Gasteiger partial charge in [0, 0.05) is 23.4 Å². The molecule has 0 spiro atoms. The number of hydrogen-bond donors (Lipinski definition) is 1. The lowest BCUT2D eigenvalue weighted by Crippen LogP contribution is -1.99. The van der Waals surface area contributed by atoms with E-state index in [1.807, 2.05) is 31.2 Å². The van der Waals surface area contributed by atoms with Gasteiger partial charge in [0.1, 0.15) is 5.82 Å². The van der Waals surface area contributed by atoms with Crippen molar-refractivity contribution in [1.82, 2.24) is 10.2 Å². The predicted molar refractivity (Wildman–Crippen MR) is 105 cm³/mol. The molecule has 0 aliphatic heterocycles. The number of nitrogens with one attached hydrogen (secondary N) is 1. The molecule has 3 aromatic rings. The summed E-state index contributed by atoms with van der Waals surface area (Å²) in [6.45, 7) is 2.04. The number of para-hydroxylation sites is 1. The summed E-state index contributed by atoms with van der Waals surface area (Å²) in [7, 11) is 0. The van der Waals surface area contributed by atoms with Crippen LogP contribution < -0.4 is 5.32 Å². The maximum Gasteiger partial charge on any atom is 0.210 e. The average molecular weight is 388 g/mol. The first-order valence-electron chi connectivity index (χ1n) is 8.19. The number of hydrogen-bond acceptors (Lipinski definition) is 6. The van der Waals surface area contributed by atoms with Crippen molar-refractivity contribution in [2.24, 2.45) is 0 Å². The lowest BCUT2D eigenvalue weighted by molar-refractivity contribution is 0.0982. The van der Waals surface area contributed by atoms with E-state index in [1.165, 1.54) is 35.6 Å². The largest absolute Gasteiger partial charge is 0.330 e. The van der Waals surface area contributed by atoms with Crippen LogP contribution in [0.1, 0.15) is 28.8 Å². The molecule has 3 rings (SSSR count). The molecule has 0 atom stereocenters. The molecule has 0 saturated heterocycles. The molecule has 1 heterocycles. The van der Waals surface area contributed by atoms with Gasteiger partial charge in [0.05, 0.1) is 0 Å². The van der Waals surface area contributed by atoms with Gasteiger partial charge in [-0.2, -0.15) is 0 Å². The minimum Gasteiger partial charge on any atom is -0.330 e. The number of carbonyl (C=O) groups excluding carboxylic acids is 1. The number of carbonyl (C=O) groups is 1. The lowest BCUT2D eigenvalue weighted by Gasteiger charge is -2.04. The number of Topliss-reactive ketones (excluding diaryl/α,β-unsaturated/α-hetero) is 1. The van der Waals surface area contributed by atoms with Crippen LogP contribution in [0.5, 0.6) is 0 Å². The summed E-state index contributed by atoms with van der Waals surface area (Å²) in [6, 6.07) is 13.7. The Morgan fingerprint density at radius 1 is 1.15 bits per heavy atom. The van der Waals surface area contributed by atoms with Gasteiger partial charge in [0.2, 0.25) is 5.13 Å². The number of ketones is 1. The van der Waals surface area contributed by atoms with E-state index < -0.39 is 0 Å². The third-order valence-corrected chi connectivity index (χ3v) is 5.79. The van der Waals surface area contributed by atoms with Gasteiger partial charge in [0.25, 0.3) is 0 Å². The summed E-state index contributed by atoms with van der Waals surface area (Å²) in [5.74, 6) is 0.486. The highest BCUT2D eigenvalue weighted by Crippen LogP contribution is 2.29. The summed E-state index contributed by atoms with van der Waals surface area (Å²) in [6.07, 6.45) is 1.17. The van der Waals surface area contributed by atoms with E-state index in [2.05, 4.69) is 15.5 Å². The fraction of sp³-hybridized carbons (Fsp3) is 0.211. The Morgan fingerprint density at radius 3 is 2.69 bits per heavy atom. The summed E-state index contributed by atoms with van der Waals surface area (Å²) >= 11 is 3.08. The van der Waals surface area contributed by atoms with E-state index in [1.54, 1.807) is 11.8 Å². The zero-order valence-electron chi connectivity index (χ0n) is 14.2. The molecule has 2 aromatic carbocycles. The van der Waals surface area contributed by atoms with Gasteiger partial charge in [-0.3, -0.25) is 4.79 Å². The second kappa shape index (κ2) is 8.91. The number of nitrogens with zero attached hydrogens (tertiary/aromatic N) is 2. The molecule has 26 heavy (non-hydrogen) atoms. The minimum absolute atomic E-state index is 0.0322. The van der Waals surface area contributed by atoms with Crippen molar-refractivity contribution in [2.75, 3.05) is 11.1 Å². The predicted octanol–water partition coefficient (Wildman–Crippen LogP) is 5.48. The van der Waals surface area contributed by atoms with Gasteiger partial charge in [-0.25, -0.2) is 4.39 Å². The van der Waals surface area contributed by atoms with E-state index >= 15 is 0 Å². The third-order valence-electron chi connectivity index (χ3n) is 3.73. The molecule has 0 bridgehead atoms. The quantitative estimate of drug-likeness (QED) is 0.315. The van der Waals surface area contributed by atoms with Gasteiger partial charge >= 0.3 is 0 Å². The Hall–Kier alpha value is -2.25. The van der Waals surface area contributed by atoms with Gasteiger partial charge in [-0.15, -0.1) is 10.2 Å². The van der Waals surface area contributed by atoms with E-state index in [0.29, 0.717) is 12.0 Å². The minimum atomic E-state index is -0.330. The first kappa shape index (κ1) is 18.5. The van der Waals surface area contributed by atoms with Crippen LogP contribution in [-0.2, 0) is 0 Å². The number of aryl methyl sites for hydroxylation is 1. The SMILES string of the molecule is Cc1ccccc1Nc1nnc(SCCCC(=O)c2ccc(F)cc2)s1. The number of rotatable bonds is 8. The van der Waals surface area contributed by atoms with Crippen LogP contribution in [0.15, 0.2) is 52.9 Å². The number of halogens is 1. The molecule has 4 nitrogen and oxygen atoms in total. The maximum absolute atomic E-state index is 12.9. The van der Waals surface area contributed by atoms with E-state index in [9.17, 15) is 9.18 Å². The fourth-order valence-electron chi connectivity index (χ4n) is 2.32. The highest BCUT2D eigenvalue weighted by atomic mass is 32.2. The van der Waals surface area contributed by atoms with Crippen molar-refractivity contribution in [3.63, 3.8) is 0 Å². The lowest BCUT2D eigenvalue weighted by atomic mass is 10.1. The molecular formula is C19H18FN3OS2. The van der Waals surface area contributed by atoms with Gasteiger partial charge in [-0.1, -0.05) is 41.3 Å². The molecule has 0 amide bonds. The molecule has 0 aliphatic rings. The second-order valence-corrected chi connectivity index (χ2v) is 8.01. The Bertz CT molecular complexity index is 881. The Kier molecular flexibility index (Phi) is 6.35. The zero-order valence-corrected chi connectivity index (χ0v) is 15.9. The molecule has 0 saturated carbocycles. The Morgan fingerprint density at radius 2 is 1.92 bits per heavy atom. The molecule has 134 valence electrons. The molecule has 0 radical (unpaired) electrons. The second-order valence-electron chi connectivity index (χ2n) is 5.70. The number of benzene rings is 2. The van der Waals surface area contributed by atoms with Crippen molar-refractivity contribution in [2.45, 2.75) is 24.1 Å². The molecular weight excluding hydrogens is 369 g/mol. The van der Waals surface area contributed by atoms with Crippen molar-refractivity contribution in [3.05, 3.63) is 65.5 Å². The van der Waals surface area contributed by atoms with Crippen molar-refractivity contribution < 1.29 is 9.18 Å². The molecule has 0 fully saturated rings. The number of thioether (sulfide) groups is 1. The van der Waals surface area contributed by atoms with Crippen LogP contribution in [0.3, 0.4) is 0 Å². The van der Waals surface area contributed by atoms with Crippen LogP contribution in [0, 0.1) is 12.7 Å². The molecule has 0 unspecified atom stereocenters. The summed E-state index contributed by atoms with van der Waals surface area (Å²) in [5.41, 5.74) is 2.72. The monoisotopic (exact) mass is 387 g/mol. The molecule has 7 heteroatoms. The fourth-order valence-corrected chi connectivity index (χ4v) is 4.09. The third kappa shape index (κ3) is 5.12. The van der Waals surface area contributed by atoms with Crippen molar-refractivity contribution >= 4 is 39.7 Å². The van der Waals surface area contributed by atoms with Crippen molar-refractivity contribution in [1.29, 1.82) is 0 Å². The average Bonchev–Trinajstić information content (AvgIpc) is 3.08. The molecule has 0 aliphatic carbocycles. The summed E-state index contributed by atoms with van der Waals surface area (Å²) in [5, 5.41) is 12.4. The standard InChI is InChI=1S/C19H18FN3OS2/c1-13-5-2-3-6-16(13)21-18-22-23-19(26-18)25-12-4-7-17(24)14-8-10-15(20)11-9-14/h2-3,5-6,8-11H,4,7,12H2,1H3,(H,21,22). The maximum atomic E-state index is 12.9. The van der Waals surface area contributed by atoms with E-state index in [-0.39, 0.29) is 11.6 Å². The van der Waals surface area contributed by atoms with Crippen LogP contribution in [0.25, 0.3) is 0 Å². The van der Waals surface area contributed by atoms with Gasteiger partial charge < -0.3 is 5.32 Å². The van der Waals surface area contributed by atoms with Crippen LogP contribution in [0.2, 0.25) is 0 Å². The van der Waals surface area contributed by atoms with Gasteiger partial charge in [-0.05, 0) is 49.2 Å². The smallest absolute Gasteiger partial charge is 0.210 e. The zero-order chi connectivity index (χ0) is 18.4. The Labute approximate surface area is 159 Å². The van der Waals surface area contributed by atoms with E-state index in [0.717, 1.165) is 32.9 Å². The number of aromatic nitrogens is 2. The topological polar surface area (TPSA) is 54.9 Å². The highest BCUT2D eigenvalue weighted by Gasteiger charge is 2.08. The van der Waals surface area contributed by atoms with Crippen molar-refractivity contribution in [3.8, 4) is 0 Å². The normalized spacial score (nSPS) is 10.7. The van der Waals surface area contributed by atoms with E-state index in [4.69, 9.17) is 0 Å². The van der Waals surface area contributed by atoms with Gasteiger partial charge in [0.15, 0.2) is 10.1 Å². The highest BCUT2D eigenvalue weighted by molar-refractivity contribution is 8.01. The summed E-state index contributed by atoms with van der Waals surface area (Å²) in [4.78, 5) is 12.0. The van der Waals surface area contributed by atoms with Crippen LogP contribution >= 0.6 is 23.1 Å². The first-order chi connectivity index (χ1) is 12.6. The molecule has 1 aromatic heterocycles. The van der Waals surface area contributed by atoms with Crippen LogP contribution in [-0.4, -0.2) is 21.7 Å². The summed E-state index contributed by atoms with van der Waals surface area (Å²) < 4.78 is 13.7.